The van der Waals surface area contributed by atoms with E-state index in [2.05, 4.69) is 61.4 Å². The van der Waals surface area contributed by atoms with Crippen LogP contribution < -0.4 is 10.9 Å². The van der Waals surface area contributed by atoms with Gasteiger partial charge in [0, 0.05) is 16.8 Å². The number of rotatable bonds is 4. The maximum absolute atomic E-state index is 13.1. The lowest BCUT2D eigenvalue weighted by molar-refractivity contribution is 0.543. The summed E-state index contributed by atoms with van der Waals surface area (Å²) >= 11 is 0. The average molecular weight is 435 g/mol. The summed E-state index contributed by atoms with van der Waals surface area (Å²) in [5.41, 5.74) is 6.01. The van der Waals surface area contributed by atoms with Gasteiger partial charge in [0.05, 0.1) is 0 Å². The second-order valence-electron chi connectivity index (χ2n) is 8.70. The van der Waals surface area contributed by atoms with Gasteiger partial charge in [-0.1, -0.05) is 86.7 Å². The molecule has 0 fully saturated rings. The van der Waals surface area contributed by atoms with Crippen molar-refractivity contribution < 1.29 is 0 Å². The molecule has 1 N–H and O–H groups in total. The molecule has 0 unspecified atom stereocenters. The van der Waals surface area contributed by atoms with E-state index in [1.165, 1.54) is 5.56 Å². The molecule has 1 atom stereocenters. The molecule has 164 valence electrons. The van der Waals surface area contributed by atoms with Crippen LogP contribution in [0.25, 0.3) is 28.7 Å². The summed E-state index contributed by atoms with van der Waals surface area (Å²) in [6.07, 6.45) is 1.86. The van der Waals surface area contributed by atoms with E-state index < -0.39 is 0 Å². The Morgan fingerprint density at radius 3 is 2.39 bits per heavy atom. The summed E-state index contributed by atoms with van der Waals surface area (Å²) in [4.78, 5) is 17.6. The second-order valence-corrected chi connectivity index (χ2v) is 8.70. The molecule has 0 aliphatic carbocycles. The summed E-state index contributed by atoms with van der Waals surface area (Å²) < 4.78 is 1.84. The van der Waals surface area contributed by atoms with E-state index in [1.807, 2.05) is 59.3 Å². The first-order valence-corrected chi connectivity index (χ1v) is 11.2. The molecule has 0 saturated heterocycles. The highest BCUT2D eigenvalue weighted by Crippen LogP contribution is 2.36. The Hall–Kier alpha value is -3.99. The second kappa shape index (κ2) is 8.51. The highest BCUT2D eigenvalue weighted by Gasteiger charge is 2.27. The van der Waals surface area contributed by atoms with Crippen LogP contribution in [0, 0.1) is 0 Å². The van der Waals surface area contributed by atoms with Crippen LogP contribution in [0.3, 0.4) is 0 Å². The third kappa shape index (κ3) is 3.98. The van der Waals surface area contributed by atoms with Crippen LogP contribution in [-0.2, 0) is 0 Å². The number of para-hydroxylation sites is 1. The zero-order valence-electron chi connectivity index (χ0n) is 19.0. The molecule has 3 aromatic carbocycles. The fraction of sp³-hybridized carbons (Fsp3) is 0.179. The number of nitrogens with one attached hydrogen (secondary N) is 1. The van der Waals surface area contributed by atoms with Gasteiger partial charge in [-0.3, -0.25) is 4.79 Å². The minimum absolute atomic E-state index is 0.267. The van der Waals surface area contributed by atoms with Crippen molar-refractivity contribution in [3.05, 3.63) is 106 Å². The Kier molecular flexibility index (Phi) is 5.38. The van der Waals surface area contributed by atoms with Gasteiger partial charge >= 0.3 is 0 Å². The molecule has 0 radical (unpaired) electrons. The lowest BCUT2D eigenvalue weighted by Gasteiger charge is -2.31. The SMILES string of the molecule is C/C(=C/c1ccccc1)[C@H]1Nc2ccccc2-c2nc(=O)c(-c3ccc(C(C)C)cc3)nn21. The number of aromatic nitrogens is 3. The molecule has 0 bridgehead atoms. The summed E-state index contributed by atoms with van der Waals surface area (Å²) in [6.45, 7) is 6.37. The van der Waals surface area contributed by atoms with Crippen LogP contribution in [0.15, 0.2) is 89.2 Å². The first-order valence-electron chi connectivity index (χ1n) is 11.2. The lowest BCUT2D eigenvalue weighted by Crippen LogP contribution is -2.32. The number of nitrogens with zero attached hydrogens (tertiary/aromatic N) is 3. The van der Waals surface area contributed by atoms with Gasteiger partial charge in [-0.25, -0.2) is 4.68 Å². The van der Waals surface area contributed by atoms with Gasteiger partial charge in [0.25, 0.3) is 5.56 Å². The van der Waals surface area contributed by atoms with Crippen molar-refractivity contribution in [2.24, 2.45) is 0 Å². The van der Waals surface area contributed by atoms with Crippen LogP contribution in [0.4, 0.5) is 5.69 Å². The highest BCUT2D eigenvalue weighted by molar-refractivity contribution is 5.77. The number of anilines is 1. The highest BCUT2D eigenvalue weighted by atomic mass is 16.1. The van der Waals surface area contributed by atoms with Crippen molar-refractivity contribution >= 4 is 11.8 Å². The lowest BCUT2D eigenvalue weighted by atomic mass is 10.0. The zero-order chi connectivity index (χ0) is 22.9. The Morgan fingerprint density at radius 2 is 1.67 bits per heavy atom. The smallest absolute Gasteiger partial charge is 0.300 e. The summed E-state index contributed by atoms with van der Waals surface area (Å²) in [5, 5.41) is 8.42. The Bertz CT molecular complexity index is 1390. The maximum atomic E-state index is 13.1. The Balaban J connectivity index is 1.66. The fourth-order valence-corrected chi connectivity index (χ4v) is 4.18. The third-order valence-corrected chi connectivity index (χ3v) is 6.02. The van der Waals surface area contributed by atoms with Crippen molar-refractivity contribution in [1.29, 1.82) is 0 Å². The maximum Gasteiger partial charge on any atom is 0.300 e. The van der Waals surface area contributed by atoms with Crippen molar-refractivity contribution in [3.8, 4) is 22.6 Å². The normalized spacial score (nSPS) is 15.0. The number of hydrogen-bond donors (Lipinski definition) is 1. The molecule has 4 aromatic rings. The van der Waals surface area contributed by atoms with Gasteiger partial charge in [-0.05, 0) is 41.7 Å². The van der Waals surface area contributed by atoms with E-state index >= 15 is 0 Å². The number of benzene rings is 3. The molecule has 0 amide bonds. The van der Waals surface area contributed by atoms with Gasteiger partial charge < -0.3 is 5.32 Å². The third-order valence-electron chi connectivity index (χ3n) is 6.02. The molecule has 1 aromatic heterocycles. The predicted molar refractivity (Wildman–Crippen MR) is 134 cm³/mol. The molecule has 0 saturated carbocycles. The zero-order valence-corrected chi connectivity index (χ0v) is 19.0. The Morgan fingerprint density at radius 1 is 0.970 bits per heavy atom. The molecule has 33 heavy (non-hydrogen) atoms. The van der Waals surface area contributed by atoms with Crippen molar-refractivity contribution in [1.82, 2.24) is 14.8 Å². The fourth-order valence-electron chi connectivity index (χ4n) is 4.18. The van der Waals surface area contributed by atoms with Gasteiger partial charge in [-0.2, -0.15) is 10.1 Å². The van der Waals surface area contributed by atoms with Crippen LogP contribution in [0.5, 0.6) is 0 Å². The molecule has 5 nitrogen and oxygen atoms in total. The quantitative estimate of drug-likeness (QED) is 0.420. The molecule has 5 heteroatoms. The molecule has 2 heterocycles. The minimum Gasteiger partial charge on any atom is -0.360 e. The standard InChI is InChI=1S/C28H26N4O/c1-18(2)21-13-15-22(16-14-21)25-28(33)30-27-23-11-7-8-12-24(23)29-26(32(27)31-25)19(3)17-20-9-5-4-6-10-20/h4-18,26,29H,1-3H3/b19-17-/t26-/m0/s1. The van der Waals surface area contributed by atoms with Crippen LogP contribution in [0.1, 0.15) is 44.0 Å². The average Bonchev–Trinajstić information content (AvgIpc) is 2.84. The van der Waals surface area contributed by atoms with Gasteiger partial charge in [0.1, 0.15) is 6.17 Å². The van der Waals surface area contributed by atoms with E-state index in [4.69, 9.17) is 5.10 Å². The summed E-state index contributed by atoms with van der Waals surface area (Å²) in [5.74, 6) is 0.994. The van der Waals surface area contributed by atoms with Crippen LogP contribution in [0.2, 0.25) is 0 Å². The van der Waals surface area contributed by atoms with E-state index in [1.54, 1.807) is 0 Å². The monoisotopic (exact) mass is 434 g/mol. The van der Waals surface area contributed by atoms with Gasteiger partial charge in [0.15, 0.2) is 11.5 Å². The first-order chi connectivity index (χ1) is 16.0. The van der Waals surface area contributed by atoms with Gasteiger partial charge in [-0.15, -0.1) is 0 Å². The molecule has 1 aliphatic rings. The number of fused-ring (bicyclic) bond motifs is 3. The van der Waals surface area contributed by atoms with E-state index in [-0.39, 0.29) is 11.7 Å². The van der Waals surface area contributed by atoms with Crippen LogP contribution >= 0.6 is 0 Å². The molecule has 5 rings (SSSR count). The predicted octanol–water partition coefficient (Wildman–Crippen LogP) is 6.12. The molecule has 0 spiro atoms. The van der Waals surface area contributed by atoms with Crippen LogP contribution in [-0.4, -0.2) is 14.8 Å². The topological polar surface area (TPSA) is 59.8 Å². The molecule has 1 aliphatic heterocycles. The van der Waals surface area contributed by atoms with Crippen molar-refractivity contribution in [2.45, 2.75) is 32.9 Å². The number of hydrogen-bond acceptors (Lipinski definition) is 4. The van der Waals surface area contributed by atoms with E-state index in [0.717, 1.165) is 28.0 Å². The largest absolute Gasteiger partial charge is 0.360 e. The summed E-state index contributed by atoms with van der Waals surface area (Å²) in [6, 6.07) is 26.1. The summed E-state index contributed by atoms with van der Waals surface area (Å²) in [7, 11) is 0. The van der Waals surface area contributed by atoms with E-state index in [0.29, 0.717) is 17.4 Å². The molecular weight excluding hydrogens is 408 g/mol. The van der Waals surface area contributed by atoms with E-state index in [9.17, 15) is 4.79 Å². The Labute approximate surface area is 193 Å². The van der Waals surface area contributed by atoms with Crippen molar-refractivity contribution in [2.75, 3.05) is 5.32 Å². The van der Waals surface area contributed by atoms with Crippen molar-refractivity contribution in [3.63, 3.8) is 0 Å². The van der Waals surface area contributed by atoms with Gasteiger partial charge in [0.2, 0.25) is 0 Å². The minimum atomic E-state index is -0.321. The first kappa shape index (κ1) is 20.9. The molecular formula is C28H26N4O.